The number of imidazole rings is 1. The third-order valence-electron chi connectivity index (χ3n) is 7.52. The van der Waals surface area contributed by atoms with Gasteiger partial charge in [-0.2, -0.15) is 10.2 Å². The maximum Gasteiger partial charge on any atom is 0.277 e. The largest absolute Gasteiger partial charge is 0.393 e. The number of fused-ring (bicyclic) bond motifs is 3. The number of hydrogen-bond acceptors (Lipinski definition) is 8. The Hall–Kier alpha value is -3.62. The number of aliphatic hydroxyl groups excluding tert-OH is 1. The summed E-state index contributed by atoms with van der Waals surface area (Å²) in [5, 5.41) is 23.7. The van der Waals surface area contributed by atoms with Crippen molar-refractivity contribution >= 4 is 16.6 Å². The van der Waals surface area contributed by atoms with Gasteiger partial charge in [-0.25, -0.2) is 9.37 Å². The van der Waals surface area contributed by atoms with Gasteiger partial charge in [0, 0.05) is 32.1 Å². The third kappa shape index (κ3) is 3.77. The number of rotatable bonds is 5. The van der Waals surface area contributed by atoms with Crippen molar-refractivity contribution in [2.75, 3.05) is 19.6 Å². The van der Waals surface area contributed by atoms with E-state index in [2.05, 4.69) is 20.0 Å². The first-order valence-electron chi connectivity index (χ1n) is 12.4. The molecule has 4 heterocycles. The molecule has 0 radical (unpaired) electrons. The molecule has 10 nitrogen and oxygen atoms in total. The van der Waals surface area contributed by atoms with Crippen LogP contribution in [0.1, 0.15) is 55.9 Å². The monoisotopic (exact) mass is 491 g/mol. The van der Waals surface area contributed by atoms with E-state index < -0.39 is 11.4 Å². The van der Waals surface area contributed by atoms with Crippen molar-refractivity contribution in [1.29, 1.82) is 5.26 Å². The van der Waals surface area contributed by atoms with Crippen molar-refractivity contribution in [1.82, 2.24) is 29.0 Å². The summed E-state index contributed by atoms with van der Waals surface area (Å²) in [6.45, 7) is 2.20. The summed E-state index contributed by atoms with van der Waals surface area (Å²) >= 11 is 0. The molecular formula is C25H26FN7O3. The Labute approximate surface area is 205 Å². The Morgan fingerprint density at radius 1 is 1.14 bits per heavy atom. The second-order valence-electron chi connectivity index (χ2n) is 9.68. The number of nitrogens with zero attached hydrogens (tertiary/aromatic N) is 7. The van der Waals surface area contributed by atoms with Gasteiger partial charge in [0.05, 0.1) is 17.1 Å². The summed E-state index contributed by atoms with van der Waals surface area (Å²) in [6.07, 6.45) is 6.76. The fourth-order valence-corrected chi connectivity index (χ4v) is 5.53. The number of nitriles is 1. The van der Waals surface area contributed by atoms with Gasteiger partial charge in [-0.05, 0) is 37.8 Å². The Kier molecular flexibility index (Phi) is 5.78. The molecule has 0 amide bonds. The quantitative estimate of drug-likeness (QED) is 0.452. The van der Waals surface area contributed by atoms with E-state index in [0.29, 0.717) is 49.6 Å². The van der Waals surface area contributed by atoms with E-state index in [0.717, 1.165) is 25.7 Å². The molecule has 2 fully saturated rings. The summed E-state index contributed by atoms with van der Waals surface area (Å²) in [5.74, 6) is 0.348. The first-order chi connectivity index (χ1) is 17.5. The normalized spacial score (nSPS) is 17.9. The first-order valence-corrected chi connectivity index (χ1v) is 12.4. The lowest BCUT2D eigenvalue weighted by atomic mass is 10.1. The lowest BCUT2D eigenvalue weighted by molar-refractivity contribution is 0.0810. The maximum absolute atomic E-state index is 14.7. The van der Waals surface area contributed by atoms with Crippen molar-refractivity contribution in [2.24, 2.45) is 0 Å². The second kappa shape index (κ2) is 9.11. The Bertz CT molecular complexity index is 1540. The van der Waals surface area contributed by atoms with Crippen LogP contribution in [0.4, 0.5) is 4.39 Å². The highest BCUT2D eigenvalue weighted by atomic mass is 19.1. The zero-order valence-electron chi connectivity index (χ0n) is 19.7. The van der Waals surface area contributed by atoms with Gasteiger partial charge in [0.25, 0.3) is 5.56 Å². The van der Waals surface area contributed by atoms with E-state index in [1.807, 2.05) is 6.07 Å². The predicted molar refractivity (Wildman–Crippen MR) is 128 cm³/mol. The second-order valence-corrected chi connectivity index (χ2v) is 9.68. The number of aliphatic hydroxyl groups is 1. The number of halogens is 1. The topological polar surface area (TPSA) is 125 Å². The molecule has 2 aliphatic rings. The molecule has 1 aliphatic heterocycles. The number of piperidine rings is 1. The van der Waals surface area contributed by atoms with Crippen LogP contribution in [0.5, 0.6) is 0 Å². The van der Waals surface area contributed by atoms with Gasteiger partial charge < -0.3 is 19.1 Å². The van der Waals surface area contributed by atoms with Crippen LogP contribution in [0, 0.1) is 17.1 Å². The average Bonchev–Trinajstić information content (AvgIpc) is 3.65. The van der Waals surface area contributed by atoms with Crippen LogP contribution in [0.15, 0.2) is 27.8 Å². The highest BCUT2D eigenvalue weighted by molar-refractivity contribution is 5.87. The first kappa shape index (κ1) is 22.8. The minimum Gasteiger partial charge on any atom is -0.393 e. The molecule has 0 unspecified atom stereocenters. The van der Waals surface area contributed by atoms with Crippen LogP contribution in [-0.4, -0.2) is 59.8 Å². The molecule has 1 aliphatic carbocycles. The molecule has 1 saturated carbocycles. The van der Waals surface area contributed by atoms with E-state index >= 15 is 0 Å². The molecule has 1 N–H and O–H groups in total. The minimum atomic E-state index is -0.682. The molecule has 0 spiro atoms. The smallest absolute Gasteiger partial charge is 0.277 e. The number of hydrogen-bond donors (Lipinski definition) is 1. The number of likely N-dealkylation sites (tertiary alicyclic amines) is 1. The molecule has 1 saturated heterocycles. The predicted octanol–water partition coefficient (Wildman–Crippen LogP) is 2.82. The zero-order valence-corrected chi connectivity index (χ0v) is 19.7. The van der Waals surface area contributed by atoms with Gasteiger partial charge >= 0.3 is 0 Å². The summed E-state index contributed by atoms with van der Waals surface area (Å²) in [4.78, 5) is 25.1. The standard InChI is InChI=1S/C25H26FN7O3/c26-18-5-6-19-21(17(18)13-27)32(12-11-31-9-7-16(34)8-10-31)25(35)22-20(28-14-33(19)22)23-29-24(36-30-23)15-3-1-2-4-15/h5-6,14-16,34H,1-4,7-12H2. The lowest BCUT2D eigenvalue weighted by Gasteiger charge is -2.29. The highest BCUT2D eigenvalue weighted by Gasteiger charge is 2.27. The van der Waals surface area contributed by atoms with E-state index in [1.54, 1.807) is 10.5 Å². The zero-order chi connectivity index (χ0) is 24.8. The van der Waals surface area contributed by atoms with Gasteiger partial charge in [-0.15, -0.1) is 0 Å². The van der Waals surface area contributed by atoms with Gasteiger partial charge in [0.2, 0.25) is 11.7 Å². The summed E-state index contributed by atoms with van der Waals surface area (Å²) < 4.78 is 23.2. The molecule has 1 aromatic carbocycles. The van der Waals surface area contributed by atoms with Crippen molar-refractivity contribution in [3.05, 3.63) is 46.1 Å². The van der Waals surface area contributed by atoms with E-state index in [-0.39, 0.29) is 41.0 Å². The van der Waals surface area contributed by atoms with Crippen molar-refractivity contribution in [2.45, 2.75) is 57.1 Å². The minimum absolute atomic E-state index is 0.182. The van der Waals surface area contributed by atoms with Crippen molar-refractivity contribution < 1.29 is 14.0 Å². The van der Waals surface area contributed by atoms with Gasteiger partial charge in [0.1, 0.15) is 35.0 Å². The molecule has 0 atom stereocenters. The van der Waals surface area contributed by atoms with E-state index in [1.165, 1.54) is 17.0 Å². The fourth-order valence-electron chi connectivity index (χ4n) is 5.53. The SMILES string of the molecule is N#Cc1c(F)ccc2c1n(CCN1CCC(O)CC1)c(=O)c1c(-c3noc(C4CCCC4)n3)ncn12. The fraction of sp³-hybridized carbons (Fsp3) is 0.480. The van der Waals surface area contributed by atoms with Crippen LogP contribution in [0.2, 0.25) is 0 Å². The van der Waals surface area contributed by atoms with Crippen molar-refractivity contribution in [3.63, 3.8) is 0 Å². The van der Waals surface area contributed by atoms with Crippen LogP contribution in [0.3, 0.4) is 0 Å². The summed E-state index contributed by atoms with van der Waals surface area (Å²) in [5.41, 5.74) is 0.698. The Morgan fingerprint density at radius 3 is 2.67 bits per heavy atom. The highest BCUT2D eigenvalue weighted by Crippen LogP contribution is 2.34. The van der Waals surface area contributed by atoms with Gasteiger partial charge in [-0.3, -0.25) is 9.20 Å². The van der Waals surface area contributed by atoms with Crippen LogP contribution in [0.25, 0.3) is 28.1 Å². The Morgan fingerprint density at radius 2 is 1.92 bits per heavy atom. The van der Waals surface area contributed by atoms with Gasteiger partial charge in [0.15, 0.2) is 0 Å². The molecule has 3 aromatic heterocycles. The van der Waals surface area contributed by atoms with E-state index in [4.69, 9.17) is 4.52 Å². The maximum atomic E-state index is 14.7. The molecule has 186 valence electrons. The molecule has 4 aromatic rings. The number of benzene rings is 1. The molecule has 36 heavy (non-hydrogen) atoms. The molecular weight excluding hydrogens is 465 g/mol. The third-order valence-corrected chi connectivity index (χ3v) is 7.52. The van der Waals surface area contributed by atoms with Crippen molar-refractivity contribution in [3.8, 4) is 17.6 Å². The molecule has 11 heteroatoms. The van der Waals surface area contributed by atoms with Crippen LogP contribution in [-0.2, 0) is 6.54 Å². The summed E-state index contributed by atoms with van der Waals surface area (Å²) in [7, 11) is 0. The average molecular weight is 492 g/mol. The Balaban J connectivity index is 1.49. The van der Waals surface area contributed by atoms with E-state index in [9.17, 15) is 19.6 Å². The lowest BCUT2D eigenvalue weighted by Crippen LogP contribution is -2.39. The van der Waals surface area contributed by atoms with Crippen LogP contribution < -0.4 is 5.56 Å². The van der Waals surface area contributed by atoms with Gasteiger partial charge in [-0.1, -0.05) is 18.0 Å². The molecule has 6 rings (SSSR count). The molecule has 0 bridgehead atoms. The van der Waals surface area contributed by atoms with Crippen LogP contribution >= 0.6 is 0 Å². The summed E-state index contributed by atoms with van der Waals surface area (Å²) in [6, 6.07) is 4.72. The number of aromatic nitrogens is 5.